The fraction of sp³-hybridized carbons (Fsp3) is 0.167. The Morgan fingerprint density at radius 3 is 2.58 bits per heavy atom. The highest BCUT2D eigenvalue weighted by molar-refractivity contribution is 7.12. The van der Waals surface area contributed by atoms with E-state index in [0.717, 1.165) is 17.0 Å². The SMILES string of the molecule is Cc1ccc(NC(=O)c2nc(C(=O)O)cs2)c(C)n1. The molecule has 0 aliphatic carbocycles. The summed E-state index contributed by atoms with van der Waals surface area (Å²) in [6.07, 6.45) is 0. The van der Waals surface area contributed by atoms with Crippen LogP contribution in [0.25, 0.3) is 0 Å². The Kier molecular flexibility index (Phi) is 3.57. The molecule has 2 N–H and O–H groups in total. The minimum absolute atomic E-state index is 0.109. The van der Waals surface area contributed by atoms with Gasteiger partial charge in [-0.1, -0.05) is 0 Å². The van der Waals surface area contributed by atoms with Crippen LogP contribution >= 0.6 is 11.3 Å². The monoisotopic (exact) mass is 277 g/mol. The molecule has 2 rings (SSSR count). The van der Waals surface area contributed by atoms with Crippen LogP contribution in [0.5, 0.6) is 0 Å². The van der Waals surface area contributed by atoms with Crippen molar-refractivity contribution in [1.29, 1.82) is 0 Å². The molecule has 0 spiro atoms. The maximum atomic E-state index is 11.9. The second-order valence-electron chi connectivity index (χ2n) is 3.88. The van der Waals surface area contributed by atoms with Crippen LogP contribution in [0.2, 0.25) is 0 Å². The predicted octanol–water partition coefficient (Wildman–Crippen LogP) is 2.11. The van der Waals surface area contributed by atoms with Gasteiger partial charge < -0.3 is 10.4 Å². The standard InChI is InChI=1S/C12H11N3O3S/c1-6-3-4-8(7(2)13-6)14-10(16)11-15-9(5-19-11)12(17)18/h3-5H,1-2H3,(H,14,16)(H,17,18). The summed E-state index contributed by atoms with van der Waals surface area (Å²) >= 11 is 0.990. The van der Waals surface area contributed by atoms with Crippen molar-refractivity contribution >= 4 is 28.9 Å². The molecule has 98 valence electrons. The lowest BCUT2D eigenvalue weighted by Gasteiger charge is -2.06. The quantitative estimate of drug-likeness (QED) is 0.896. The van der Waals surface area contributed by atoms with Crippen LogP contribution in [-0.2, 0) is 0 Å². The third-order valence-electron chi connectivity index (χ3n) is 2.39. The van der Waals surface area contributed by atoms with Gasteiger partial charge in [-0.2, -0.15) is 0 Å². The molecular formula is C12H11N3O3S. The molecule has 2 aromatic rings. The number of nitrogens with one attached hydrogen (secondary N) is 1. The van der Waals surface area contributed by atoms with Crippen LogP contribution in [-0.4, -0.2) is 27.0 Å². The average Bonchev–Trinajstić information content (AvgIpc) is 2.82. The number of carboxylic acids is 1. The Balaban J connectivity index is 2.18. The summed E-state index contributed by atoms with van der Waals surface area (Å²) in [6, 6.07) is 3.54. The number of thiazole rings is 1. The third kappa shape index (κ3) is 2.94. The number of rotatable bonds is 3. The van der Waals surface area contributed by atoms with Crippen molar-refractivity contribution in [1.82, 2.24) is 9.97 Å². The largest absolute Gasteiger partial charge is 0.476 e. The molecule has 0 aliphatic heterocycles. The number of aromatic carboxylic acids is 1. The van der Waals surface area contributed by atoms with Gasteiger partial charge in [-0.05, 0) is 26.0 Å². The molecule has 2 heterocycles. The molecule has 2 aromatic heterocycles. The summed E-state index contributed by atoms with van der Waals surface area (Å²) in [7, 11) is 0. The van der Waals surface area contributed by atoms with E-state index in [1.807, 2.05) is 6.92 Å². The molecule has 0 aliphatic rings. The first-order chi connectivity index (χ1) is 8.97. The number of hydrogen-bond donors (Lipinski definition) is 2. The number of anilines is 1. The highest BCUT2D eigenvalue weighted by Crippen LogP contribution is 2.16. The zero-order valence-electron chi connectivity index (χ0n) is 10.3. The number of amides is 1. The first-order valence-corrected chi connectivity index (χ1v) is 6.30. The molecule has 0 atom stereocenters. The maximum Gasteiger partial charge on any atom is 0.355 e. The van der Waals surface area contributed by atoms with Gasteiger partial charge in [-0.15, -0.1) is 11.3 Å². The predicted molar refractivity (Wildman–Crippen MR) is 70.7 cm³/mol. The molecule has 1 amide bonds. The minimum atomic E-state index is -1.15. The van der Waals surface area contributed by atoms with Crippen molar-refractivity contribution in [3.8, 4) is 0 Å². The Morgan fingerprint density at radius 1 is 1.26 bits per heavy atom. The van der Waals surface area contributed by atoms with E-state index in [0.29, 0.717) is 11.4 Å². The Bertz CT molecular complexity index is 651. The van der Waals surface area contributed by atoms with Crippen LogP contribution < -0.4 is 5.32 Å². The first-order valence-electron chi connectivity index (χ1n) is 5.42. The van der Waals surface area contributed by atoms with E-state index < -0.39 is 11.9 Å². The van der Waals surface area contributed by atoms with E-state index >= 15 is 0 Å². The average molecular weight is 277 g/mol. The van der Waals surface area contributed by atoms with Gasteiger partial charge in [0.15, 0.2) is 10.7 Å². The second-order valence-corrected chi connectivity index (χ2v) is 4.74. The van der Waals surface area contributed by atoms with Gasteiger partial charge in [0.2, 0.25) is 0 Å². The second kappa shape index (κ2) is 5.15. The summed E-state index contributed by atoms with van der Waals surface area (Å²) in [5.41, 5.74) is 2.01. The number of carbonyl (C=O) groups is 2. The smallest absolute Gasteiger partial charge is 0.355 e. The molecule has 0 saturated carbocycles. The molecular weight excluding hydrogens is 266 g/mol. The van der Waals surface area contributed by atoms with Gasteiger partial charge in [0.1, 0.15) is 0 Å². The van der Waals surface area contributed by atoms with Crippen LogP contribution in [0.1, 0.15) is 31.7 Å². The minimum Gasteiger partial charge on any atom is -0.476 e. The van der Waals surface area contributed by atoms with E-state index in [1.165, 1.54) is 5.38 Å². The van der Waals surface area contributed by atoms with Crippen LogP contribution in [0.4, 0.5) is 5.69 Å². The topological polar surface area (TPSA) is 92.2 Å². The zero-order chi connectivity index (χ0) is 14.0. The number of nitrogens with zero attached hydrogens (tertiary/aromatic N) is 2. The van der Waals surface area contributed by atoms with Crippen LogP contribution in [0.3, 0.4) is 0 Å². The molecule has 0 saturated heterocycles. The molecule has 7 heteroatoms. The van der Waals surface area contributed by atoms with Gasteiger partial charge in [-0.25, -0.2) is 9.78 Å². The van der Waals surface area contributed by atoms with Crippen LogP contribution in [0, 0.1) is 13.8 Å². The molecule has 0 unspecified atom stereocenters. The molecule has 0 fully saturated rings. The third-order valence-corrected chi connectivity index (χ3v) is 3.23. The first kappa shape index (κ1) is 13.2. The molecule has 0 aromatic carbocycles. The number of hydrogen-bond acceptors (Lipinski definition) is 5. The van der Waals surface area contributed by atoms with Crippen molar-refractivity contribution in [2.45, 2.75) is 13.8 Å². The van der Waals surface area contributed by atoms with Gasteiger partial charge >= 0.3 is 5.97 Å². The molecule has 0 bridgehead atoms. The normalized spacial score (nSPS) is 10.2. The molecule has 6 nitrogen and oxygen atoms in total. The fourth-order valence-electron chi connectivity index (χ4n) is 1.47. The zero-order valence-corrected chi connectivity index (χ0v) is 11.1. The van der Waals surface area contributed by atoms with Crippen molar-refractivity contribution in [2.75, 3.05) is 5.32 Å². The van der Waals surface area contributed by atoms with E-state index in [9.17, 15) is 9.59 Å². The lowest BCUT2D eigenvalue weighted by molar-refractivity contribution is 0.0691. The van der Waals surface area contributed by atoms with E-state index in [-0.39, 0.29) is 10.7 Å². The summed E-state index contributed by atoms with van der Waals surface area (Å²) in [5.74, 6) is -1.59. The number of aromatic nitrogens is 2. The van der Waals surface area contributed by atoms with Gasteiger partial charge in [0.05, 0.1) is 11.4 Å². The van der Waals surface area contributed by atoms with Gasteiger partial charge in [-0.3, -0.25) is 9.78 Å². The van der Waals surface area contributed by atoms with E-state index in [1.54, 1.807) is 19.1 Å². The lowest BCUT2D eigenvalue weighted by atomic mass is 10.2. The van der Waals surface area contributed by atoms with Gasteiger partial charge in [0.25, 0.3) is 5.91 Å². The number of aryl methyl sites for hydroxylation is 2. The molecule has 19 heavy (non-hydrogen) atoms. The number of carboxylic acid groups (broad SMARTS) is 1. The van der Waals surface area contributed by atoms with Crippen molar-refractivity contribution in [2.24, 2.45) is 0 Å². The summed E-state index contributed by atoms with van der Waals surface area (Å²) in [4.78, 5) is 30.6. The lowest BCUT2D eigenvalue weighted by Crippen LogP contribution is -2.13. The van der Waals surface area contributed by atoms with Crippen molar-refractivity contribution in [3.05, 3.63) is 39.6 Å². The summed E-state index contributed by atoms with van der Waals surface area (Å²) < 4.78 is 0. The van der Waals surface area contributed by atoms with E-state index in [4.69, 9.17) is 5.11 Å². The Hall–Kier alpha value is -2.28. The fourth-order valence-corrected chi connectivity index (χ4v) is 2.16. The Labute approximate surface area is 113 Å². The Morgan fingerprint density at radius 2 is 2.00 bits per heavy atom. The summed E-state index contributed by atoms with van der Waals surface area (Å²) in [5, 5.41) is 12.8. The number of carbonyl (C=O) groups excluding carboxylic acids is 1. The highest BCUT2D eigenvalue weighted by Gasteiger charge is 2.15. The van der Waals surface area contributed by atoms with E-state index in [2.05, 4.69) is 15.3 Å². The van der Waals surface area contributed by atoms with Crippen LogP contribution in [0.15, 0.2) is 17.5 Å². The summed E-state index contributed by atoms with van der Waals surface area (Å²) in [6.45, 7) is 3.64. The van der Waals surface area contributed by atoms with Gasteiger partial charge in [0, 0.05) is 11.1 Å². The maximum absolute atomic E-state index is 11.9. The molecule has 0 radical (unpaired) electrons. The van der Waals surface area contributed by atoms with Crippen molar-refractivity contribution in [3.63, 3.8) is 0 Å². The highest BCUT2D eigenvalue weighted by atomic mass is 32.1. The number of pyridine rings is 1. The van der Waals surface area contributed by atoms with Crippen molar-refractivity contribution < 1.29 is 14.7 Å².